The number of carbonyl (C=O) groups is 1. The zero-order chi connectivity index (χ0) is 10.2. The molecule has 0 aromatic carbocycles. The lowest BCUT2D eigenvalue weighted by atomic mass is 10.4. The van der Waals surface area contributed by atoms with Gasteiger partial charge in [-0.3, -0.25) is 4.79 Å². The molecule has 14 heavy (non-hydrogen) atoms. The highest BCUT2D eigenvalue weighted by Gasteiger charge is 2.04. The van der Waals surface area contributed by atoms with Gasteiger partial charge in [0.25, 0.3) is 5.88 Å². The number of ether oxygens (including phenoxy) is 1. The second-order valence-corrected chi connectivity index (χ2v) is 2.67. The normalized spacial score (nSPS) is 9.50. The molecule has 0 fully saturated rings. The van der Waals surface area contributed by atoms with Crippen LogP contribution >= 0.6 is 0 Å². The van der Waals surface area contributed by atoms with Gasteiger partial charge in [-0.2, -0.15) is 0 Å². The second kappa shape index (κ2) is 5.90. The third-order valence-corrected chi connectivity index (χ3v) is 1.60. The Balaban J connectivity index is 2.59. The Bertz CT molecular complexity index is 291. The standard InChI is InChI=1S/C9H13N3O2/c1-2-3-6-14-9-8(12-7-13)10-4-5-11-9/h4-5,7H,2-3,6H2,1H3,(H,10,12,13). The maximum absolute atomic E-state index is 10.2. The number of rotatable bonds is 6. The van der Waals surface area contributed by atoms with E-state index in [0.717, 1.165) is 12.8 Å². The minimum absolute atomic E-state index is 0.360. The molecule has 0 aliphatic carbocycles. The van der Waals surface area contributed by atoms with Gasteiger partial charge in [0, 0.05) is 12.4 Å². The summed E-state index contributed by atoms with van der Waals surface area (Å²) in [6.45, 7) is 2.66. The van der Waals surface area contributed by atoms with Crippen LogP contribution in [0.5, 0.6) is 5.88 Å². The first-order valence-corrected chi connectivity index (χ1v) is 4.52. The molecule has 0 spiro atoms. The van der Waals surface area contributed by atoms with E-state index in [9.17, 15) is 4.79 Å². The molecule has 0 radical (unpaired) electrons. The number of hydrogen-bond acceptors (Lipinski definition) is 4. The number of unbranched alkanes of at least 4 members (excludes halogenated alkanes) is 1. The molecule has 5 heteroatoms. The second-order valence-electron chi connectivity index (χ2n) is 2.67. The van der Waals surface area contributed by atoms with Crippen LogP contribution < -0.4 is 10.1 Å². The molecular formula is C9H13N3O2. The molecule has 1 heterocycles. The molecule has 0 aliphatic heterocycles. The number of carbonyl (C=O) groups excluding carboxylic acids is 1. The van der Waals surface area contributed by atoms with Crippen molar-refractivity contribution < 1.29 is 9.53 Å². The van der Waals surface area contributed by atoms with E-state index in [4.69, 9.17) is 4.74 Å². The van der Waals surface area contributed by atoms with Crippen LogP contribution in [-0.2, 0) is 4.79 Å². The Morgan fingerprint density at radius 1 is 1.50 bits per heavy atom. The van der Waals surface area contributed by atoms with Crippen LogP contribution in [0.3, 0.4) is 0 Å². The predicted octanol–water partition coefficient (Wildman–Crippen LogP) is 1.22. The van der Waals surface area contributed by atoms with E-state index in [0.29, 0.717) is 24.7 Å². The maximum Gasteiger partial charge on any atom is 0.257 e. The molecular weight excluding hydrogens is 182 g/mol. The molecule has 76 valence electrons. The number of anilines is 1. The lowest BCUT2D eigenvalue weighted by Gasteiger charge is -2.06. The number of aromatic nitrogens is 2. The zero-order valence-electron chi connectivity index (χ0n) is 8.06. The molecule has 0 saturated heterocycles. The first-order valence-electron chi connectivity index (χ1n) is 4.52. The summed E-state index contributed by atoms with van der Waals surface area (Å²) in [7, 11) is 0. The minimum atomic E-state index is 0.360. The van der Waals surface area contributed by atoms with Gasteiger partial charge in [0.1, 0.15) is 0 Å². The summed E-state index contributed by atoms with van der Waals surface area (Å²) in [4.78, 5) is 18.1. The van der Waals surface area contributed by atoms with Crippen molar-refractivity contribution in [2.24, 2.45) is 0 Å². The quantitative estimate of drug-likeness (QED) is 0.547. The average molecular weight is 195 g/mol. The van der Waals surface area contributed by atoms with E-state index in [2.05, 4.69) is 22.2 Å². The van der Waals surface area contributed by atoms with Crippen molar-refractivity contribution in [2.45, 2.75) is 19.8 Å². The maximum atomic E-state index is 10.2. The Kier molecular flexibility index (Phi) is 4.40. The Morgan fingerprint density at radius 2 is 2.29 bits per heavy atom. The molecule has 1 N–H and O–H groups in total. The first-order chi connectivity index (χ1) is 6.88. The van der Waals surface area contributed by atoms with Crippen molar-refractivity contribution in [1.29, 1.82) is 0 Å². The van der Waals surface area contributed by atoms with Gasteiger partial charge in [0.05, 0.1) is 6.61 Å². The highest BCUT2D eigenvalue weighted by molar-refractivity contribution is 5.71. The van der Waals surface area contributed by atoms with Gasteiger partial charge in [0.2, 0.25) is 6.41 Å². The third-order valence-electron chi connectivity index (χ3n) is 1.60. The van der Waals surface area contributed by atoms with Gasteiger partial charge in [0.15, 0.2) is 5.82 Å². The summed E-state index contributed by atoms with van der Waals surface area (Å²) >= 11 is 0. The molecule has 0 aliphatic rings. The van der Waals surface area contributed by atoms with E-state index < -0.39 is 0 Å². The van der Waals surface area contributed by atoms with E-state index in [1.165, 1.54) is 12.4 Å². The number of nitrogens with one attached hydrogen (secondary N) is 1. The van der Waals surface area contributed by atoms with Crippen molar-refractivity contribution in [3.63, 3.8) is 0 Å². The zero-order valence-corrected chi connectivity index (χ0v) is 8.06. The SMILES string of the molecule is CCCCOc1nccnc1NC=O. The van der Waals surface area contributed by atoms with Gasteiger partial charge in [-0.05, 0) is 6.42 Å². The van der Waals surface area contributed by atoms with Crippen molar-refractivity contribution >= 4 is 12.2 Å². The van der Waals surface area contributed by atoms with Crippen LogP contribution in [0.25, 0.3) is 0 Å². The monoisotopic (exact) mass is 195 g/mol. The lowest BCUT2D eigenvalue weighted by molar-refractivity contribution is -0.105. The van der Waals surface area contributed by atoms with Crippen LogP contribution in [0, 0.1) is 0 Å². The van der Waals surface area contributed by atoms with E-state index in [-0.39, 0.29) is 0 Å². The average Bonchev–Trinajstić information content (AvgIpc) is 2.21. The summed E-state index contributed by atoms with van der Waals surface area (Å²) in [6.07, 6.45) is 5.58. The van der Waals surface area contributed by atoms with Crippen LogP contribution in [0.15, 0.2) is 12.4 Å². The fraction of sp³-hybridized carbons (Fsp3) is 0.444. The van der Waals surface area contributed by atoms with E-state index in [1.54, 1.807) is 0 Å². The molecule has 1 aromatic rings. The summed E-state index contributed by atoms with van der Waals surface area (Å²) in [5.41, 5.74) is 0. The van der Waals surface area contributed by atoms with Crippen LogP contribution in [0.2, 0.25) is 0 Å². The van der Waals surface area contributed by atoms with Gasteiger partial charge >= 0.3 is 0 Å². The van der Waals surface area contributed by atoms with Crippen molar-refractivity contribution in [1.82, 2.24) is 9.97 Å². The minimum Gasteiger partial charge on any atom is -0.475 e. The molecule has 0 saturated carbocycles. The fourth-order valence-corrected chi connectivity index (χ4v) is 0.899. The number of nitrogens with zero attached hydrogens (tertiary/aromatic N) is 2. The highest BCUT2D eigenvalue weighted by atomic mass is 16.5. The van der Waals surface area contributed by atoms with Crippen LogP contribution in [0.4, 0.5) is 5.82 Å². The molecule has 1 rings (SSSR count). The topological polar surface area (TPSA) is 64.1 Å². The van der Waals surface area contributed by atoms with Gasteiger partial charge in [-0.1, -0.05) is 13.3 Å². The van der Waals surface area contributed by atoms with Crippen LogP contribution in [0.1, 0.15) is 19.8 Å². The first kappa shape index (κ1) is 10.4. The molecule has 0 atom stereocenters. The Hall–Kier alpha value is -1.65. The molecule has 1 amide bonds. The summed E-state index contributed by atoms with van der Waals surface area (Å²) in [6, 6.07) is 0. The molecule has 0 unspecified atom stereocenters. The van der Waals surface area contributed by atoms with Crippen molar-refractivity contribution in [3.05, 3.63) is 12.4 Å². The number of hydrogen-bond donors (Lipinski definition) is 1. The third kappa shape index (κ3) is 3.01. The molecule has 0 bridgehead atoms. The summed E-state index contributed by atoms with van der Waals surface area (Å²) < 4.78 is 5.34. The smallest absolute Gasteiger partial charge is 0.257 e. The van der Waals surface area contributed by atoms with Gasteiger partial charge in [-0.15, -0.1) is 0 Å². The van der Waals surface area contributed by atoms with Crippen LogP contribution in [-0.4, -0.2) is 23.0 Å². The molecule has 5 nitrogen and oxygen atoms in total. The number of amides is 1. The fourth-order valence-electron chi connectivity index (χ4n) is 0.899. The van der Waals surface area contributed by atoms with Crippen molar-refractivity contribution in [3.8, 4) is 5.88 Å². The highest BCUT2D eigenvalue weighted by Crippen LogP contribution is 2.16. The van der Waals surface area contributed by atoms with E-state index in [1.807, 2.05) is 0 Å². The predicted molar refractivity (Wildman–Crippen MR) is 52.1 cm³/mol. The Morgan fingerprint density at radius 3 is 3.00 bits per heavy atom. The Labute approximate surface area is 82.5 Å². The van der Waals surface area contributed by atoms with E-state index >= 15 is 0 Å². The van der Waals surface area contributed by atoms with Gasteiger partial charge < -0.3 is 10.1 Å². The molecule has 1 aromatic heterocycles. The van der Waals surface area contributed by atoms with Crippen molar-refractivity contribution in [2.75, 3.05) is 11.9 Å². The summed E-state index contributed by atoms with van der Waals surface area (Å²) in [5, 5.41) is 2.42. The van der Waals surface area contributed by atoms with Gasteiger partial charge in [-0.25, -0.2) is 9.97 Å². The summed E-state index contributed by atoms with van der Waals surface area (Å²) in [5.74, 6) is 0.728. The largest absolute Gasteiger partial charge is 0.475 e. The lowest BCUT2D eigenvalue weighted by Crippen LogP contribution is -2.05.